The van der Waals surface area contributed by atoms with Gasteiger partial charge in [0.25, 0.3) is 0 Å². The van der Waals surface area contributed by atoms with Crippen molar-refractivity contribution >= 4 is 26.9 Å². The summed E-state index contributed by atoms with van der Waals surface area (Å²) >= 11 is 0. The number of fused-ring (bicyclic) bond motifs is 3. The summed E-state index contributed by atoms with van der Waals surface area (Å²) in [5, 5.41) is 0. The fourth-order valence-electron chi connectivity index (χ4n) is 4.34. The molecular formula is C23H31N5O3S. The fourth-order valence-corrected chi connectivity index (χ4v) is 5.78. The first kappa shape index (κ1) is 22.5. The topological polar surface area (TPSA) is 103 Å². The van der Waals surface area contributed by atoms with Crippen molar-refractivity contribution in [1.82, 2.24) is 18.8 Å². The number of methoxy groups -OCH3 is 1. The second kappa shape index (κ2) is 8.71. The molecule has 4 rings (SSSR count). The van der Waals surface area contributed by atoms with Crippen LogP contribution in [0.4, 0.5) is 5.82 Å². The molecule has 3 heterocycles. The summed E-state index contributed by atoms with van der Waals surface area (Å²) < 4.78 is 35.9. The summed E-state index contributed by atoms with van der Waals surface area (Å²) in [6.45, 7) is 7.85. The number of rotatable bonds is 7. The van der Waals surface area contributed by atoms with Crippen LogP contribution in [0.15, 0.2) is 29.2 Å². The number of hydrogen-bond donors (Lipinski definition) is 1. The minimum atomic E-state index is -3.69. The highest BCUT2D eigenvalue weighted by molar-refractivity contribution is 7.89. The van der Waals surface area contributed by atoms with E-state index in [1.54, 1.807) is 24.3 Å². The van der Waals surface area contributed by atoms with E-state index < -0.39 is 10.0 Å². The number of aromatic nitrogens is 3. The van der Waals surface area contributed by atoms with E-state index >= 15 is 0 Å². The maximum absolute atomic E-state index is 13.4. The lowest BCUT2D eigenvalue weighted by atomic mass is 10.0. The number of nitrogens with two attached hydrogens (primary N) is 1. The molecule has 1 aliphatic heterocycles. The molecule has 1 aromatic carbocycles. The Hall–Kier alpha value is -2.65. The van der Waals surface area contributed by atoms with E-state index in [-0.39, 0.29) is 11.4 Å². The van der Waals surface area contributed by atoms with Gasteiger partial charge in [-0.1, -0.05) is 26.8 Å². The van der Waals surface area contributed by atoms with Gasteiger partial charge >= 0.3 is 0 Å². The van der Waals surface area contributed by atoms with Crippen molar-refractivity contribution in [3.8, 4) is 5.75 Å². The predicted octanol–water partition coefficient (Wildman–Crippen LogP) is 3.38. The summed E-state index contributed by atoms with van der Waals surface area (Å²) in [6.07, 6.45) is 2.31. The van der Waals surface area contributed by atoms with Crippen molar-refractivity contribution in [2.75, 3.05) is 19.4 Å². The Labute approximate surface area is 189 Å². The van der Waals surface area contributed by atoms with Gasteiger partial charge in [-0.2, -0.15) is 4.31 Å². The zero-order chi connectivity index (χ0) is 23.0. The van der Waals surface area contributed by atoms with Crippen LogP contribution in [0.5, 0.6) is 5.75 Å². The minimum Gasteiger partial charge on any atom is -0.497 e. The molecule has 0 fully saturated rings. The molecule has 0 radical (unpaired) electrons. The van der Waals surface area contributed by atoms with Crippen molar-refractivity contribution in [2.24, 2.45) is 5.92 Å². The van der Waals surface area contributed by atoms with E-state index in [2.05, 4.69) is 30.3 Å². The zero-order valence-electron chi connectivity index (χ0n) is 19.1. The van der Waals surface area contributed by atoms with Crippen LogP contribution < -0.4 is 10.5 Å². The maximum Gasteiger partial charge on any atom is 0.243 e. The van der Waals surface area contributed by atoms with Crippen molar-refractivity contribution in [1.29, 1.82) is 0 Å². The molecule has 172 valence electrons. The Morgan fingerprint density at radius 1 is 1.25 bits per heavy atom. The number of pyridine rings is 1. The van der Waals surface area contributed by atoms with Gasteiger partial charge in [0.05, 0.1) is 23.2 Å². The van der Waals surface area contributed by atoms with Crippen LogP contribution >= 0.6 is 0 Å². The Morgan fingerprint density at radius 2 is 2.03 bits per heavy atom. The summed E-state index contributed by atoms with van der Waals surface area (Å²) in [6, 6.07) is 6.59. The van der Waals surface area contributed by atoms with Crippen molar-refractivity contribution in [3.63, 3.8) is 0 Å². The molecule has 32 heavy (non-hydrogen) atoms. The molecule has 0 saturated heterocycles. The monoisotopic (exact) mass is 457 g/mol. The summed E-state index contributed by atoms with van der Waals surface area (Å²) in [5.74, 6) is 2.32. The second-order valence-electron chi connectivity index (χ2n) is 8.67. The van der Waals surface area contributed by atoms with Crippen molar-refractivity contribution in [2.45, 2.75) is 58.0 Å². The largest absolute Gasteiger partial charge is 0.497 e. The molecular weight excluding hydrogens is 426 g/mol. The quantitative estimate of drug-likeness (QED) is 0.583. The Bertz CT molecular complexity index is 1250. The molecule has 0 unspecified atom stereocenters. The molecule has 0 aliphatic carbocycles. The van der Waals surface area contributed by atoms with Crippen LogP contribution in [-0.4, -0.2) is 40.9 Å². The third-order valence-corrected chi connectivity index (χ3v) is 7.65. The van der Waals surface area contributed by atoms with Crippen LogP contribution in [0.2, 0.25) is 0 Å². The van der Waals surface area contributed by atoms with Crippen LogP contribution in [0, 0.1) is 5.92 Å². The third-order valence-electron chi connectivity index (χ3n) is 5.81. The summed E-state index contributed by atoms with van der Waals surface area (Å²) in [5.41, 5.74) is 9.67. The van der Waals surface area contributed by atoms with Gasteiger partial charge in [-0.05, 0) is 24.5 Å². The number of benzene rings is 1. The number of aryl methyl sites for hydroxylation is 1. The van der Waals surface area contributed by atoms with E-state index in [1.807, 2.05) is 0 Å². The first-order valence-corrected chi connectivity index (χ1v) is 12.5. The Morgan fingerprint density at radius 3 is 2.72 bits per heavy atom. The van der Waals surface area contributed by atoms with Gasteiger partial charge in [0, 0.05) is 44.1 Å². The highest BCUT2D eigenvalue weighted by Gasteiger charge is 2.32. The van der Waals surface area contributed by atoms with Crippen LogP contribution in [0.1, 0.15) is 44.3 Å². The molecule has 0 atom stereocenters. The molecule has 2 aromatic heterocycles. The smallest absolute Gasteiger partial charge is 0.243 e. The SMILES string of the molecule is CCCc1nc2c(N)nc3c(c2n1CC(C)C)CN(S(=O)(=O)c1cccc(OC)c1)CC3. The number of sulfonamides is 1. The molecule has 0 saturated carbocycles. The standard InChI is InChI=1S/C23H31N5O3S/c1-5-7-20-26-21-22(28(20)13-15(2)3)18-14-27(11-10-19(18)25-23(21)24)32(29,30)17-9-6-8-16(12-17)31-4/h6,8-9,12,15H,5,7,10-11,13-14H2,1-4H3,(H2,24,25). The molecule has 0 spiro atoms. The Kier molecular flexibility index (Phi) is 6.13. The molecule has 0 bridgehead atoms. The van der Waals surface area contributed by atoms with E-state index in [1.165, 1.54) is 11.4 Å². The highest BCUT2D eigenvalue weighted by Crippen LogP contribution is 2.33. The number of nitrogens with zero attached hydrogens (tertiary/aromatic N) is 4. The molecule has 2 N–H and O–H groups in total. The van der Waals surface area contributed by atoms with Gasteiger partial charge in [0.15, 0.2) is 5.82 Å². The Balaban J connectivity index is 1.83. The van der Waals surface area contributed by atoms with E-state index in [4.69, 9.17) is 15.5 Å². The third kappa shape index (κ3) is 3.95. The average molecular weight is 458 g/mol. The van der Waals surface area contributed by atoms with Gasteiger partial charge in [-0.25, -0.2) is 18.4 Å². The lowest BCUT2D eigenvalue weighted by Crippen LogP contribution is -2.36. The van der Waals surface area contributed by atoms with Gasteiger partial charge in [0.2, 0.25) is 10.0 Å². The maximum atomic E-state index is 13.4. The number of imidazole rings is 1. The number of anilines is 1. The predicted molar refractivity (Wildman–Crippen MR) is 125 cm³/mol. The first-order valence-electron chi connectivity index (χ1n) is 11.1. The van der Waals surface area contributed by atoms with Crippen LogP contribution in [-0.2, 0) is 36.0 Å². The average Bonchev–Trinajstić information content (AvgIpc) is 3.12. The zero-order valence-corrected chi connectivity index (χ0v) is 19.9. The number of nitrogen functional groups attached to an aromatic ring is 1. The normalized spacial score (nSPS) is 14.8. The molecule has 3 aromatic rings. The lowest BCUT2D eigenvalue weighted by molar-refractivity contribution is 0.387. The molecule has 1 aliphatic rings. The summed E-state index contributed by atoms with van der Waals surface area (Å²) in [4.78, 5) is 9.66. The van der Waals surface area contributed by atoms with E-state index in [0.29, 0.717) is 36.0 Å². The van der Waals surface area contributed by atoms with Gasteiger partial charge in [0.1, 0.15) is 17.1 Å². The van der Waals surface area contributed by atoms with Crippen molar-refractivity contribution < 1.29 is 13.2 Å². The minimum absolute atomic E-state index is 0.224. The molecule has 0 amide bonds. The van der Waals surface area contributed by atoms with Crippen LogP contribution in [0.3, 0.4) is 0 Å². The number of hydrogen-bond acceptors (Lipinski definition) is 6. The lowest BCUT2D eigenvalue weighted by Gasteiger charge is -2.29. The molecule has 8 nitrogen and oxygen atoms in total. The van der Waals surface area contributed by atoms with Crippen LogP contribution in [0.25, 0.3) is 11.0 Å². The highest BCUT2D eigenvalue weighted by atomic mass is 32.2. The van der Waals surface area contributed by atoms with E-state index in [0.717, 1.165) is 42.0 Å². The first-order chi connectivity index (χ1) is 15.3. The van der Waals surface area contributed by atoms with Gasteiger partial charge in [-0.15, -0.1) is 0 Å². The van der Waals surface area contributed by atoms with Crippen molar-refractivity contribution in [3.05, 3.63) is 41.3 Å². The fraction of sp³-hybridized carbons (Fsp3) is 0.478. The second-order valence-corrected chi connectivity index (χ2v) is 10.6. The van der Waals surface area contributed by atoms with Gasteiger partial charge < -0.3 is 15.0 Å². The number of ether oxygens (including phenoxy) is 1. The molecule has 9 heteroatoms. The van der Waals surface area contributed by atoms with E-state index in [9.17, 15) is 8.42 Å². The summed E-state index contributed by atoms with van der Waals surface area (Å²) in [7, 11) is -2.16. The van der Waals surface area contributed by atoms with Gasteiger partial charge in [-0.3, -0.25) is 0 Å².